The number of nitroso groups, excluding NO2 is 1. The molecule has 0 amide bonds. The minimum atomic E-state index is -2.65. The van der Waals surface area contributed by atoms with Gasteiger partial charge in [-0.15, -0.1) is 0 Å². The SMILES string of the molecule is CCC1=[C]([W]([CH3])([CH3])[N]=O)CC=C1. The summed E-state index contributed by atoms with van der Waals surface area (Å²) in [4.78, 5) is 10.7. The summed E-state index contributed by atoms with van der Waals surface area (Å²) in [7, 11) is 0. The van der Waals surface area contributed by atoms with Crippen molar-refractivity contribution in [3.63, 3.8) is 0 Å². The Morgan fingerprint density at radius 3 is 2.75 bits per heavy atom. The van der Waals surface area contributed by atoms with E-state index < -0.39 is 16.3 Å². The molecule has 0 aliphatic heterocycles. The standard InChI is InChI=1S/C7H9.2CH3.NO.W/c1-2-7-5-3-4-6-7;;;1-2;/h3,5H,2,4H2,1H3;2*1H3;;/q;;;-1;+1. The number of hydrogen-bond donors (Lipinski definition) is 0. The second-order valence-corrected chi connectivity index (χ2v) is 14.7. The summed E-state index contributed by atoms with van der Waals surface area (Å²) in [6.07, 6.45) is 6.33. The molecule has 0 unspecified atom stereocenters. The van der Waals surface area contributed by atoms with Crippen molar-refractivity contribution < 1.29 is 16.3 Å². The van der Waals surface area contributed by atoms with E-state index in [1.165, 1.54) is 9.54 Å². The van der Waals surface area contributed by atoms with Gasteiger partial charge in [0.1, 0.15) is 0 Å². The normalized spacial score (nSPS) is 18.6. The van der Waals surface area contributed by atoms with Crippen molar-refractivity contribution >= 4 is 0 Å². The van der Waals surface area contributed by atoms with Gasteiger partial charge in [-0.25, -0.2) is 0 Å². The van der Waals surface area contributed by atoms with Crippen LogP contribution in [0.1, 0.15) is 19.8 Å². The fraction of sp³-hybridized carbons (Fsp3) is 0.556. The first-order valence-electron chi connectivity index (χ1n) is 4.08. The average molecular weight is 337 g/mol. The Morgan fingerprint density at radius 1 is 1.58 bits per heavy atom. The first kappa shape index (κ1) is 9.85. The van der Waals surface area contributed by atoms with E-state index >= 15 is 0 Å². The summed E-state index contributed by atoms with van der Waals surface area (Å²) >= 11 is -2.65. The van der Waals surface area contributed by atoms with Gasteiger partial charge in [0, 0.05) is 0 Å². The van der Waals surface area contributed by atoms with Gasteiger partial charge in [-0.1, -0.05) is 0 Å². The van der Waals surface area contributed by atoms with Crippen molar-refractivity contribution in [1.29, 1.82) is 0 Å². The molecule has 12 heavy (non-hydrogen) atoms. The molecule has 3 heteroatoms. The third kappa shape index (κ3) is 1.74. The van der Waals surface area contributed by atoms with Gasteiger partial charge in [-0.2, -0.15) is 0 Å². The second-order valence-electron chi connectivity index (χ2n) is 3.26. The van der Waals surface area contributed by atoms with Crippen molar-refractivity contribution in [1.82, 2.24) is 0 Å². The van der Waals surface area contributed by atoms with Gasteiger partial charge in [-0.3, -0.25) is 0 Å². The molecule has 0 aromatic rings. The first-order chi connectivity index (χ1) is 5.61. The fourth-order valence-electron chi connectivity index (χ4n) is 1.42. The van der Waals surface area contributed by atoms with E-state index in [-0.39, 0.29) is 0 Å². The van der Waals surface area contributed by atoms with E-state index in [0.29, 0.717) is 0 Å². The van der Waals surface area contributed by atoms with E-state index in [1.807, 2.05) is 0 Å². The Balaban J connectivity index is 2.96. The van der Waals surface area contributed by atoms with E-state index in [2.05, 4.69) is 33.4 Å². The van der Waals surface area contributed by atoms with Crippen LogP contribution in [0.25, 0.3) is 0 Å². The number of rotatable bonds is 3. The molecule has 0 aromatic heterocycles. The van der Waals surface area contributed by atoms with Crippen molar-refractivity contribution in [3.8, 4) is 0 Å². The number of nitrogens with zero attached hydrogens (tertiary/aromatic N) is 1. The maximum atomic E-state index is 10.7. The summed E-state index contributed by atoms with van der Waals surface area (Å²) < 4.78 is 4.75. The third-order valence-electron chi connectivity index (χ3n) is 2.15. The van der Waals surface area contributed by atoms with Crippen molar-refractivity contribution in [3.05, 3.63) is 26.6 Å². The van der Waals surface area contributed by atoms with Gasteiger partial charge in [0.2, 0.25) is 0 Å². The zero-order valence-corrected chi connectivity index (χ0v) is 10.8. The Bertz CT molecular complexity index is 253. The van der Waals surface area contributed by atoms with Gasteiger partial charge in [0.05, 0.1) is 0 Å². The fourth-order valence-corrected chi connectivity index (χ4v) is 6.62. The molecular formula is C9H15NOW. The maximum absolute atomic E-state index is 10.7. The molecule has 0 spiro atoms. The van der Waals surface area contributed by atoms with Gasteiger partial charge in [-0.05, 0) is 0 Å². The summed E-state index contributed by atoms with van der Waals surface area (Å²) in [5, 5.41) is 4.16. The van der Waals surface area contributed by atoms with Crippen LogP contribution in [0.2, 0.25) is 10.6 Å². The van der Waals surface area contributed by atoms with Gasteiger partial charge in [0.15, 0.2) is 0 Å². The molecule has 2 nitrogen and oxygen atoms in total. The summed E-state index contributed by atoms with van der Waals surface area (Å²) in [6.45, 7) is 2.14. The number of allylic oxidation sites excluding steroid dienone is 4. The zero-order valence-electron chi connectivity index (χ0n) is 7.83. The molecule has 0 saturated heterocycles. The summed E-state index contributed by atoms with van der Waals surface area (Å²) in [6, 6.07) is 0. The van der Waals surface area contributed by atoms with E-state index in [0.717, 1.165) is 12.8 Å². The van der Waals surface area contributed by atoms with Crippen LogP contribution in [0.4, 0.5) is 0 Å². The van der Waals surface area contributed by atoms with E-state index in [1.54, 1.807) is 0 Å². The number of hydrogen-bond acceptors (Lipinski definition) is 2. The topological polar surface area (TPSA) is 29.4 Å². The van der Waals surface area contributed by atoms with Crippen molar-refractivity contribution in [2.24, 2.45) is 3.74 Å². The molecule has 0 aromatic carbocycles. The molecule has 1 aliphatic rings. The minimum absolute atomic E-state index is 0.983. The Morgan fingerprint density at radius 2 is 2.25 bits per heavy atom. The third-order valence-corrected chi connectivity index (χ3v) is 9.36. The predicted molar refractivity (Wildman–Crippen MR) is 48.6 cm³/mol. The monoisotopic (exact) mass is 337 g/mol. The molecule has 0 atom stereocenters. The summed E-state index contributed by atoms with van der Waals surface area (Å²) in [5.74, 6) is 0. The second kappa shape index (κ2) is 3.65. The first-order valence-corrected chi connectivity index (χ1v) is 12.7. The van der Waals surface area contributed by atoms with Crippen LogP contribution in [-0.2, 0) is 16.3 Å². The quantitative estimate of drug-likeness (QED) is 0.725. The van der Waals surface area contributed by atoms with Crippen molar-refractivity contribution in [2.45, 2.75) is 30.4 Å². The molecule has 0 saturated carbocycles. The predicted octanol–water partition coefficient (Wildman–Crippen LogP) is 3.54. The molecular weight excluding hydrogens is 322 g/mol. The van der Waals surface area contributed by atoms with Gasteiger partial charge < -0.3 is 0 Å². The molecule has 1 rings (SSSR count). The molecule has 0 fully saturated rings. The van der Waals surface area contributed by atoms with Gasteiger partial charge in [0.25, 0.3) is 0 Å². The van der Waals surface area contributed by atoms with Crippen molar-refractivity contribution in [2.75, 3.05) is 0 Å². The van der Waals surface area contributed by atoms with E-state index in [9.17, 15) is 4.91 Å². The summed E-state index contributed by atoms with van der Waals surface area (Å²) in [5.41, 5.74) is 1.37. The van der Waals surface area contributed by atoms with E-state index in [4.69, 9.17) is 0 Å². The Labute approximate surface area is 77.2 Å². The average Bonchev–Trinajstić information content (AvgIpc) is 2.52. The molecule has 0 heterocycles. The van der Waals surface area contributed by atoms with Gasteiger partial charge >= 0.3 is 77.0 Å². The van der Waals surface area contributed by atoms with Crippen LogP contribution in [0.3, 0.4) is 0 Å². The Kier molecular flexibility index (Phi) is 3.00. The molecule has 0 bridgehead atoms. The molecule has 0 N–H and O–H groups in total. The zero-order chi connectivity index (χ0) is 9.19. The van der Waals surface area contributed by atoms with Crippen LogP contribution in [-0.4, -0.2) is 0 Å². The van der Waals surface area contributed by atoms with Crippen LogP contribution in [0.15, 0.2) is 25.4 Å². The molecule has 0 radical (unpaired) electrons. The Hall–Kier alpha value is -0.232. The molecule has 68 valence electrons. The van der Waals surface area contributed by atoms with Crippen LogP contribution in [0.5, 0.6) is 0 Å². The van der Waals surface area contributed by atoms with Crippen LogP contribution >= 0.6 is 0 Å². The van der Waals surface area contributed by atoms with Crippen LogP contribution < -0.4 is 0 Å². The van der Waals surface area contributed by atoms with Crippen LogP contribution in [0, 0.1) is 4.91 Å². The molecule has 1 aliphatic carbocycles.